The summed E-state index contributed by atoms with van der Waals surface area (Å²) in [5.41, 5.74) is 2.55. The maximum atomic E-state index is 12.8. The van der Waals surface area contributed by atoms with Crippen LogP contribution in [-0.2, 0) is 4.79 Å². The summed E-state index contributed by atoms with van der Waals surface area (Å²) in [6.07, 6.45) is 16.0. The standard InChI is InChI=1S/C25H37NO/c1-6-16-13-17-9-11-25-15-24(25)12-10-21(26-5)22(2,3)19(24)7-8-20(25)23(17,4)14-18(16)27/h7-8,13,17,19-21,26H,6,9-12,14-15H2,1-5H3/t17-,19+,20+,21+,23-,24+,25+/m1/s1. The molecule has 0 aromatic heterocycles. The summed E-state index contributed by atoms with van der Waals surface area (Å²) in [6, 6.07) is 0.616. The van der Waals surface area contributed by atoms with Crippen LogP contribution < -0.4 is 5.32 Å². The van der Waals surface area contributed by atoms with Gasteiger partial charge in [0.05, 0.1) is 0 Å². The van der Waals surface area contributed by atoms with E-state index < -0.39 is 0 Å². The van der Waals surface area contributed by atoms with E-state index in [1.54, 1.807) is 0 Å². The van der Waals surface area contributed by atoms with Gasteiger partial charge in [-0.1, -0.05) is 45.9 Å². The molecule has 2 heteroatoms. The summed E-state index contributed by atoms with van der Waals surface area (Å²) in [5, 5.41) is 3.62. The molecule has 5 aliphatic rings. The predicted molar refractivity (Wildman–Crippen MR) is 110 cm³/mol. The van der Waals surface area contributed by atoms with Crippen molar-refractivity contribution in [3.8, 4) is 0 Å². The normalized spacial score (nSPS) is 52.2. The van der Waals surface area contributed by atoms with Crippen molar-refractivity contribution in [3.63, 3.8) is 0 Å². The van der Waals surface area contributed by atoms with E-state index in [4.69, 9.17) is 0 Å². The van der Waals surface area contributed by atoms with Gasteiger partial charge >= 0.3 is 0 Å². The Balaban J connectivity index is 1.56. The largest absolute Gasteiger partial charge is 0.316 e. The molecule has 0 unspecified atom stereocenters. The van der Waals surface area contributed by atoms with Crippen LogP contribution in [0.2, 0.25) is 0 Å². The molecule has 148 valence electrons. The summed E-state index contributed by atoms with van der Waals surface area (Å²) < 4.78 is 0. The van der Waals surface area contributed by atoms with Crippen molar-refractivity contribution in [2.45, 2.75) is 78.7 Å². The molecule has 0 aromatic rings. The summed E-state index contributed by atoms with van der Waals surface area (Å²) in [7, 11) is 2.14. The number of fused-ring (bicyclic) bond motifs is 2. The summed E-state index contributed by atoms with van der Waals surface area (Å²) >= 11 is 0. The third-order valence-electron chi connectivity index (χ3n) is 10.3. The van der Waals surface area contributed by atoms with Crippen molar-refractivity contribution in [1.82, 2.24) is 5.32 Å². The lowest BCUT2D eigenvalue weighted by Gasteiger charge is -2.59. The Kier molecular flexibility index (Phi) is 3.62. The second-order valence-electron chi connectivity index (χ2n) is 11.3. The fourth-order valence-electron chi connectivity index (χ4n) is 8.85. The summed E-state index contributed by atoms with van der Waals surface area (Å²) in [5.74, 6) is 2.31. The molecule has 3 fully saturated rings. The van der Waals surface area contributed by atoms with Crippen LogP contribution in [-0.4, -0.2) is 18.9 Å². The number of hydrogen-bond donors (Lipinski definition) is 1. The molecular formula is C25H37NO. The molecule has 5 rings (SSSR count). The molecule has 0 aromatic carbocycles. The van der Waals surface area contributed by atoms with Gasteiger partial charge in [0.1, 0.15) is 0 Å². The minimum Gasteiger partial charge on any atom is -0.316 e. The van der Waals surface area contributed by atoms with E-state index in [0.29, 0.717) is 45.8 Å². The molecule has 1 N–H and O–H groups in total. The molecule has 2 spiro atoms. The minimum absolute atomic E-state index is 0.142. The first-order chi connectivity index (χ1) is 12.7. The van der Waals surface area contributed by atoms with Gasteiger partial charge in [-0.3, -0.25) is 4.79 Å². The zero-order valence-electron chi connectivity index (χ0n) is 17.9. The SMILES string of the molecule is CCC1=C[C@H]2CC[C@@]34C[C@]35CC[C@H](NC)C(C)(C)[C@@H]5C=C[C@H]4[C@]2(C)CC1=O. The third kappa shape index (κ3) is 1.99. The minimum atomic E-state index is 0.142. The topological polar surface area (TPSA) is 29.1 Å². The number of carbonyl (C=O) groups is 1. The van der Waals surface area contributed by atoms with Crippen LogP contribution in [0.25, 0.3) is 0 Å². The first kappa shape index (κ1) is 18.2. The highest BCUT2D eigenvalue weighted by Crippen LogP contribution is 2.85. The highest BCUT2D eigenvalue weighted by Gasteiger charge is 2.79. The highest BCUT2D eigenvalue weighted by molar-refractivity contribution is 5.96. The van der Waals surface area contributed by atoms with Crippen molar-refractivity contribution in [3.05, 3.63) is 23.8 Å². The zero-order chi connectivity index (χ0) is 19.2. The first-order valence-electron chi connectivity index (χ1n) is 11.3. The Morgan fingerprint density at radius 3 is 2.44 bits per heavy atom. The number of ketones is 1. The van der Waals surface area contributed by atoms with Crippen LogP contribution in [0.5, 0.6) is 0 Å². The van der Waals surface area contributed by atoms with Crippen LogP contribution in [0.15, 0.2) is 23.8 Å². The highest BCUT2D eigenvalue weighted by atomic mass is 16.1. The van der Waals surface area contributed by atoms with Crippen LogP contribution >= 0.6 is 0 Å². The van der Waals surface area contributed by atoms with Gasteiger partial charge in [-0.05, 0) is 90.6 Å². The number of nitrogens with one attached hydrogen (secondary N) is 1. The van der Waals surface area contributed by atoms with Gasteiger partial charge in [-0.15, -0.1) is 0 Å². The Morgan fingerprint density at radius 1 is 1.07 bits per heavy atom. The summed E-state index contributed by atoms with van der Waals surface area (Å²) in [4.78, 5) is 12.8. The molecule has 0 radical (unpaired) electrons. The van der Waals surface area contributed by atoms with Gasteiger partial charge in [0.15, 0.2) is 5.78 Å². The van der Waals surface area contributed by atoms with E-state index >= 15 is 0 Å². The quantitative estimate of drug-likeness (QED) is 0.671. The van der Waals surface area contributed by atoms with Crippen molar-refractivity contribution < 1.29 is 4.79 Å². The Labute approximate surface area is 165 Å². The second kappa shape index (κ2) is 5.38. The third-order valence-corrected chi connectivity index (χ3v) is 10.3. The molecule has 0 saturated heterocycles. The molecule has 5 aliphatic carbocycles. The van der Waals surface area contributed by atoms with Crippen LogP contribution in [0, 0.1) is 39.4 Å². The average molecular weight is 368 g/mol. The van der Waals surface area contributed by atoms with Gasteiger partial charge in [0, 0.05) is 12.5 Å². The molecular weight excluding hydrogens is 330 g/mol. The van der Waals surface area contributed by atoms with E-state index in [1.165, 1.54) is 32.1 Å². The van der Waals surface area contributed by atoms with Crippen molar-refractivity contribution in [1.29, 1.82) is 0 Å². The van der Waals surface area contributed by atoms with Gasteiger partial charge in [-0.2, -0.15) is 0 Å². The first-order valence-corrected chi connectivity index (χ1v) is 11.3. The molecule has 0 bridgehead atoms. The lowest BCUT2D eigenvalue weighted by Crippen LogP contribution is -2.56. The molecule has 3 saturated carbocycles. The van der Waals surface area contributed by atoms with E-state index in [2.05, 4.69) is 58.3 Å². The lowest BCUT2D eigenvalue weighted by molar-refractivity contribution is -0.124. The molecule has 27 heavy (non-hydrogen) atoms. The summed E-state index contributed by atoms with van der Waals surface area (Å²) in [6.45, 7) is 9.57. The number of rotatable bonds is 2. The maximum absolute atomic E-state index is 12.8. The number of hydrogen-bond acceptors (Lipinski definition) is 2. The number of carbonyl (C=O) groups excluding carboxylic acids is 1. The number of Topliss-reactive ketones (excluding diaryl/α,β-unsaturated/α-hetero) is 1. The van der Waals surface area contributed by atoms with Gasteiger partial charge in [0.2, 0.25) is 0 Å². The predicted octanol–water partition coefficient (Wildman–Crippen LogP) is 5.30. The smallest absolute Gasteiger partial charge is 0.159 e. The molecule has 7 atom stereocenters. The number of allylic oxidation sites excluding steroid dienone is 4. The van der Waals surface area contributed by atoms with Crippen molar-refractivity contribution in [2.24, 2.45) is 39.4 Å². The second-order valence-corrected chi connectivity index (χ2v) is 11.3. The average Bonchev–Trinajstić information content (AvgIpc) is 3.28. The Morgan fingerprint density at radius 2 is 1.74 bits per heavy atom. The Hall–Kier alpha value is -0.890. The van der Waals surface area contributed by atoms with E-state index in [1.807, 2.05) is 0 Å². The van der Waals surface area contributed by atoms with Crippen LogP contribution in [0.1, 0.15) is 72.6 Å². The molecule has 2 nitrogen and oxygen atoms in total. The fraction of sp³-hybridized carbons (Fsp3) is 0.800. The fourth-order valence-corrected chi connectivity index (χ4v) is 8.85. The maximum Gasteiger partial charge on any atom is 0.159 e. The monoisotopic (exact) mass is 367 g/mol. The van der Waals surface area contributed by atoms with E-state index in [-0.39, 0.29) is 5.41 Å². The molecule has 0 heterocycles. The molecule has 0 aliphatic heterocycles. The van der Waals surface area contributed by atoms with Crippen molar-refractivity contribution >= 4 is 5.78 Å². The van der Waals surface area contributed by atoms with Gasteiger partial charge in [0.25, 0.3) is 0 Å². The van der Waals surface area contributed by atoms with Gasteiger partial charge < -0.3 is 5.32 Å². The molecule has 0 amide bonds. The van der Waals surface area contributed by atoms with E-state index in [0.717, 1.165) is 18.4 Å². The van der Waals surface area contributed by atoms with Crippen LogP contribution in [0.4, 0.5) is 0 Å². The lowest BCUT2D eigenvalue weighted by atomic mass is 9.45. The van der Waals surface area contributed by atoms with Crippen LogP contribution in [0.3, 0.4) is 0 Å². The Bertz CT molecular complexity index is 747. The van der Waals surface area contributed by atoms with E-state index in [9.17, 15) is 4.79 Å². The van der Waals surface area contributed by atoms with Gasteiger partial charge in [-0.25, -0.2) is 0 Å². The zero-order valence-corrected chi connectivity index (χ0v) is 17.9. The van der Waals surface area contributed by atoms with Crippen molar-refractivity contribution in [2.75, 3.05) is 7.05 Å².